The monoisotopic (exact) mass is 205 g/mol. The molecule has 80 valence electrons. The van der Waals surface area contributed by atoms with Gasteiger partial charge in [-0.2, -0.15) is 0 Å². The van der Waals surface area contributed by atoms with Gasteiger partial charge >= 0.3 is 0 Å². The molecule has 0 fully saturated rings. The van der Waals surface area contributed by atoms with Crippen molar-refractivity contribution >= 4 is 5.95 Å². The number of rotatable bonds is 5. The van der Waals surface area contributed by atoms with Crippen molar-refractivity contribution < 1.29 is 0 Å². The number of anilines is 1. The number of aryl methyl sites for hydroxylation is 2. The van der Waals surface area contributed by atoms with Crippen LogP contribution in [0.2, 0.25) is 0 Å². The molecule has 0 aromatic carbocycles. The first-order valence-electron chi connectivity index (χ1n) is 5.03. The summed E-state index contributed by atoms with van der Waals surface area (Å²) in [5.41, 5.74) is 0. The number of aromatic nitrogens is 4. The van der Waals surface area contributed by atoms with Crippen molar-refractivity contribution in [3.8, 4) is 0 Å². The third kappa shape index (κ3) is 2.59. The van der Waals surface area contributed by atoms with Crippen molar-refractivity contribution in [1.29, 1.82) is 0 Å². The summed E-state index contributed by atoms with van der Waals surface area (Å²) in [5, 5.41) is 3.27. The molecule has 2 rings (SSSR count). The minimum atomic E-state index is 0.917. The van der Waals surface area contributed by atoms with Crippen molar-refractivity contribution in [2.45, 2.75) is 13.0 Å². The molecule has 2 aromatic rings. The highest BCUT2D eigenvalue weighted by molar-refractivity contribution is 5.24. The molecular weight excluding hydrogens is 190 g/mol. The zero-order valence-electron chi connectivity index (χ0n) is 8.80. The van der Waals surface area contributed by atoms with E-state index in [1.807, 2.05) is 30.3 Å². The van der Waals surface area contributed by atoms with Gasteiger partial charge in [0, 0.05) is 44.9 Å². The number of hydrogen-bond donors (Lipinski definition) is 1. The van der Waals surface area contributed by atoms with Gasteiger partial charge in [-0.3, -0.25) is 0 Å². The van der Waals surface area contributed by atoms with Crippen molar-refractivity contribution in [3.05, 3.63) is 31.1 Å². The van der Waals surface area contributed by atoms with Crippen molar-refractivity contribution in [2.24, 2.45) is 7.05 Å². The van der Waals surface area contributed by atoms with Crippen LogP contribution in [0, 0.1) is 0 Å². The fraction of sp³-hybridized carbons (Fsp3) is 0.400. The van der Waals surface area contributed by atoms with E-state index in [-0.39, 0.29) is 0 Å². The largest absolute Gasteiger partial charge is 0.356 e. The van der Waals surface area contributed by atoms with E-state index in [1.165, 1.54) is 0 Å². The predicted molar refractivity (Wildman–Crippen MR) is 58.5 cm³/mol. The Morgan fingerprint density at radius 1 is 1.33 bits per heavy atom. The Labute approximate surface area is 88.8 Å². The molecule has 0 radical (unpaired) electrons. The highest BCUT2D eigenvalue weighted by Gasteiger charge is 1.96. The highest BCUT2D eigenvalue weighted by Crippen LogP contribution is 2.00. The SMILES string of the molecule is Cn1ccnc1NCCCn1ccnc1. The molecule has 1 N–H and O–H groups in total. The molecule has 0 aliphatic carbocycles. The van der Waals surface area contributed by atoms with E-state index in [1.54, 1.807) is 12.4 Å². The van der Waals surface area contributed by atoms with Gasteiger partial charge in [-0.05, 0) is 6.42 Å². The highest BCUT2D eigenvalue weighted by atomic mass is 15.2. The summed E-state index contributed by atoms with van der Waals surface area (Å²) in [4.78, 5) is 8.17. The van der Waals surface area contributed by atoms with E-state index < -0.39 is 0 Å². The molecule has 0 amide bonds. The lowest BCUT2D eigenvalue weighted by Gasteiger charge is -2.05. The number of imidazole rings is 2. The molecule has 15 heavy (non-hydrogen) atoms. The van der Waals surface area contributed by atoms with Gasteiger partial charge < -0.3 is 14.5 Å². The van der Waals surface area contributed by atoms with Gasteiger partial charge in [-0.15, -0.1) is 0 Å². The minimum absolute atomic E-state index is 0.917. The van der Waals surface area contributed by atoms with E-state index >= 15 is 0 Å². The topological polar surface area (TPSA) is 47.7 Å². The Kier molecular flexibility index (Phi) is 3.02. The van der Waals surface area contributed by atoms with Crippen LogP contribution in [0.3, 0.4) is 0 Å². The fourth-order valence-electron chi connectivity index (χ4n) is 1.42. The van der Waals surface area contributed by atoms with E-state index in [2.05, 4.69) is 19.9 Å². The number of nitrogens with zero attached hydrogens (tertiary/aromatic N) is 4. The maximum atomic E-state index is 4.18. The van der Waals surface area contributed by atoms with Gasteiger partial charge in [0.05, 0.1) is 6.33 Å². The zero-order chi connectivity index (χ0) is 10.5. The van der Waals surface area contributed by atoms with Crippen LogP contribution in [0.1, 0.15) is 6.42 Å². The van der Waals surface area contributed by atoms with Gasteiger partial charge in [-0.25, -0.2) is 9.97 Å². The smallest absolute Gasteiger partial charge is 0.202 e. The van der Waals surface area contributed by atoms with Crippen LogP contribution in [0.4, 0.5) is 5.95 Å². The standard InChI is InChI=1S/C10H15N5/c1-14-7-5-13-10(14)12-3-2-6-15-8-4-11-9-15/h4-5,7-9H,2-3,6H2,1H3,(H,12,13). The summed E-state index contributed by atoms with van der Waals surface area (Å²) in [6.07, 6.45) is 10.4. The second-order valence-electron chi connectivity index (χ2n) is 3.44. The van der Waals surface area contributed by atoms with E-state index in [9.17, 15) is 0 Å². The normalized spacial score (nSPS) is 10.5. The molecule has 5 heteroatoms. The lowest BCUT2D eigenvalue weighted by molar-refractivity contribution is 0.658. The van der Waals surface area contributed by atoms with E-state index in [0.717, 1.165) is 25.5 Å². The molecule has 0 saturated carbocycles. The van der Waals surface area contributed by atoms with Crippen molar-refractivity contribution in [3.63, 3.8) is 0 Å². The first-order valence-corrected chi connectivity index (χ1v) is 5.03. The second kappa shape index (κ2) is 4.63. The van der Waals surface area contributed by atoms with E-state index in [0.29, 0.717) is 0 Å². The Morgan fingerprint density at radius 3 is 2.93 bits per heavy atom. The second-order valence-corrected chi connectivity index (χ2v) is 3.44. The molecule has 2 aromatic heterocycles. The average Bonchev–Trinajstić information content (AvgIpc) is 2.85. The molecule has 0 saturated heterocycles. The third-order valence-electron chi connectivity index (χ3n) is 2.26. The summed E-state index contributed by atoms with van der Waals surface area (Å²) in [6.45, 7) is 1.90. The molecule has 0 spiro atoms. The first kappa shape index (κ1) is 9.76. The molecule has 0 aliphatic heterocycles. The summed E-state index contributed by atoms with van der Waals surface area (Å²) in [7, 11) is 1.98. The van der Waals surface area contributed by atoms with Crippen molar-refractivity contribution in [2.75, 3.05) is 11.9 Å². The lowest BCUT2D eigenvalue weighted by Crippen LogP contribution is -2.08. The Hall–Kier alpha value is -1.78. The maximum absolute atomic E-state index is 4.18. The first-order chi connectivity index (χ1) is 7.36. The van der Waals surface area contributed by atoms with Gasteiger partial charge in [0.25, 0.3) is 0 Å². The fourth-order valence-corrected chi connectivity index (χ4v) is 1.42. The van der Waals surface area contributed by atoms with Crippen LogP contribution in [-0.2, 0) is 13.6 Å². The summed E-state index contributed by atoms with van der Waals surface area (Å²) in [6, 6.07) is 0. The van der Waals surface area contributed by atoms with Gasteiger partial charge in [0.1, 0.15) is 0 Å². The quantitative estimate of drug-likeness (QED) is 0.744. The van der Waals surface area contributed by atoms with Gasteiger partial charge in [0.2, 0.25) is 5.95 Å². The molecule has 0 unspecified atom stereocenters. The van der Waals surface area contributed by atoms with Gasteiger partial charge in [-0.1, -0.05) is 0 Å². The van der Waals surface area contributed by atoms with Crippen LogP contribution in [0.5, 0.6) is 0 Å². The van der Waals surface area contributed by atoms with Gasteiger partial charge in [0.15, 0.2) is 0 Å². The number of nitrogens with one attached hydrogen (secondary N) is 1. The Balaban J connectivity index is 1.70. The molecule has 2 heterocycles. The summed E-state index contributed by atoms with van der Waals surface area (Å²) >= 11 is 0. The third-order valence-corrected chi connectivity index (χ3v) is 2.26. The molecule has 0 aliphatic rings. The van der Waals surface area contributed by atoms with Crippen LogP contribution in [0.15, 0.2) is 31.1 Å². The van der Waals surface area contributed by atoms with Crippen LogP contribution >= 0.6 is 0 Å². The van der Waals surface area contributed by atoms with E-state index in [4.69, 9.17) is 0 Å². The Bertz CT molecular complexity index is 390. The van der Waals surface area contributed by atoms with Crippen LogP contribution < -0.4 is 5.32 Å². The molecule has 0 bridgehead atoms. The van der Waals surface area contributed by atoms with Crippen LogP contribution in [0.25, 0.3) is 0 Å². The average molecular weight is 205 g/mol. The zero-order valence-corrected chi connectivity index (χ0v) is 8.80. The molecule has 5 nitrogen and oxygen atoms in total. The summed E-state index contributed by atoms with van der Waals surface area (Å²) in [5.74, 6) is 0.917. The number of hydrogen-bond acceptors (Lipinski definition) is 3. The predicted octanol–water partition coefficient (Wildman–Crippen LogP) is 1.12. The van der Waals surface area contributed by atoms with Crippen LogP contribution in [-0.4, -0.2) is 25.6 Å². The Morgan fingerprint density at radius 2 is 2.27 bits per heavy atom. The lowest BCUT2D eigenvalue weighted by atomic mass is 10.4. The van der Waals surface area contributed by atoms with Crippen molar-refractivity contribution in [1.82, 2.24) is 19.1 Å². The molecule has 0 atom stereocenters. The summed E-state index contributed by atoms with van der Waals surface area (Å²) < 4.78 is 4.04. The minimum Gasteiger partial charge on any atom is -0.356 e. The maximum Gasteiger partial charge on any atom is 0.202 e. The molecular formula is C10H15N5.